The lowest BCUT2D eigenvalue weighted by Crippen LogP contribution is -2.41. The summed E-state index contributed by atoms with van der Waals surface area (Å²) in [7, 11) is 1.74. The first-order valence-electron chi connectivity index (χ1n) is 6.19. The fourth-order valence-corrected chi connectivity index (χ4v) is 1.67. The van der Waals surface area contributed by atoms with Crippen LogP contribution in [0.1, 0.15) is 33.6 Å². The molecular formula is C12H28N2O. The van der Waals surface area contributed by atoms with Crippen molar-refractivity contribution in [2.75, 3.05) is 39.9 Å². The second kappa shape index (κ2) is 10.4. The summed E-state index contributed by atoms with van der Waals surface area (Å²) in [5.41, 5.74) is 0. The van der Waals surface area contributed by atoms with Crippen LogP contribution in [0.25, 0.3) is 0 Å². The molecule has 3 heteroatoms. The molecule has 0 aromatic carbocycles. The Labute approximate surface area is 95.2 Å². The molecule has 0 saturated carbocycles. The molecule has 0 amide bonds. The molecule has 0 radical (unpaired) electrons. The van der Waals surface area contributed by atoms with Gasteiger partial charge in [-0.15, -0.1) is 0 Å². The van der Waals surface area contributed by atoms with Crippen molar-refractivity contribution in [3.63, 3.8) is 0 Å². The standard InChI is InChI=1S/C12H28N2O/c1-5-7-9-14(6-2)12(3)11-13-8-10-15-4/h12-13H,5-11H2,1-4H3. The molecule has 0 aliphatic carbocycles. The minimum atomic E-state index is 0.624. The highest BCUT2D eigenvalue weighted by atomic mass is 16.5. The van der Waals surface area contributed by atoms with Gasteiger partial charge in [-0.25, -0.2) is 0 Å². The third kappa shape index (κ3) is 7.77. The van der Waals surface area contributed by atoms with E-state index in [-0.39, 0.29) is 0 Å². The van der Waals surface area contributed by atoms with Gasteiger partial charge in [-0.3, -0.25) is 4.90 Å². The first-order valence-corrected chi connectivity index (χ1v) is 6.19. The van der Waals surface area contributed by atoms with E-state index in [9.17, 15) is 0 Å². The Balaban J connectivity index is 3.58. The lowest BCUT2D eigenvalue weighted by atomic mass is 10.2. The summed E-state index contributed by atoms with van der Waals surface area (Å²) in [6.45, 7) is 11.9. The Morgan fingerprint density at radius 2 is 2.07 bits per heavy atom. The monoisotopic (exact) mass is 216 g/mol. The Kier molecular flexibility index (Phi) is 10.3. The maximum Gasteiger partial charge on any atom is 0.0587 e. The van der Waals surface area contributed by atoms with E-state index in [1.54, 1.807) is 7.11 Å². The molecule has 92 valence electrons. The van der Waals surface area contributed by atoms with Gasteiger partial charge >= 0.3 is 0 Å². The summed E-state index contributed by atoms with van der Waals surface area (Å²) in [5.74, 6) is 0. The van der Waals surface area contributed by atoms with E-state index in [1.807, 2.05) is 0 Å². The second-order valence-corrected chi connectivity index (χ2v) is 4.03. The number of nitrogens with one attached hydrogen (secondary N) is 1. The van der Waals surface area contributed by atoms with Gasteiger partial charge in [0.2, 0.25) is 0 Å². The Hall–Kier alpha value is -0.120. The van der Waals surface area contributed by atoms with E-state index in [0.717, 1.165) is 26.2 Å². The molecule has 0 heterocycles. The van der Waals surface area contributed by atoms with Crippen LogP contribution in [-0.4, -0.2) is 50.8 Å². The second-order valence-electron chi connectivity index (χ2n) is 4.03. The summed E-state index contributed by atoms with van der Waals surface area (Å²) < 4.78 is 5.00. The van der Waals surface area contributed by atoms with Crippen LogP contribution in [0.3, 0.4) is 0 Å². The van der Waals surface area contributed by atoms with Crippen molar-refractivity contribution in [3.8, 4) is 0 Å². The molecule has 1 N–H and O–H groups in total. The van der Waals surface area contributed by atoms with Gasteiger partial charge in [0.25, 0.3) is 0 Å². The molecule has 0 aliphatic heterocycles. The third-order valence-electron chi connectivity index (χ3n) is 2.75. The van der Waals surface area contributed by atoms with Gasteiger partial charge in [-0.05, 0) is 26.4 Å². The van der Waals surface area contributed by atoms with Crippen molar-refractivity contribution in [2.45, 2.75) is 39.7 Å². The molecule has 3 nitrogen and oxygen atoms in total. The number of ether oxygens (including phenoxy) is 1. The Bertz CT molecular complexity index is 131. The van der Waals surface area contributed by atoms with Crippen LogP contribution >= 0.6 is 0 Å². The molecule has 1 atom stereocenters. The predicted octanol–water partition coefficient (Wildman–Crippen LogP) is 1.73. The number of likely N-dealkylation sites (N-methyl/N-ethyl adjacent to an activating group) is 1. The summed E-state index contributed by atoms with van der Waals surface area (Å²) in [5, 5.41) is 3.41. The average Bonchev–Trinajstić information content (AvgIpc) is 2.25. The first kappa shape index (κ1) is 14.9. The predicted molar refractivity (Wildman–Crippen MR) is 66.4 cm³/mol. The molecule has 0 aromatic heterocycles. The average molecular weight is 216 g/mol. The van der Waals surface area contributed by atoms with Crippen LogP contribution in [0, 0.1) is 0 Å². The lowest BCUT2D eigenvalue weighted by Gasteiger charge is -2.27. The maximum atomic E-state index is 5.00. The van der Waals surface area contributed by atoms with Gasteiger partial charge in [0.1, 0.15) is 0 Å². The van der Waals surface area contributed by atoms with Gasteiger partial charge < -0.3 is 10.1 Å². The Morgan fingerprint density at radius 1 is 1.33 bits per heavy atom. The summed E-state index contributed by atoms with van der Waals surface area (Å²) in [4.78, 5) is 2.53. The van der Waals surface area contributed by atoms with Crippen LogP contribution in [0.2, 0.25) is 0 Å². The minimum absolute atomic E-state index is 0.624. The van der Waals surface area contributed by atoms with E-state index < -0.39 is 0 Å². The van der Waals surface area contributed by atoms with Gasteiger partial charge in [-0.1, -0.05) is 20.3 Å². The van der Waals surface area contributed by atoms with E-state index >= 15 is 0 Å². The van der Waals surface area contributed by atoms with Gasteiger partial charge in [-0.2, -0.15) is 0 Å². The van der Waals surface area contributed by atoms with E-state index in [2.05, 4.69) is 31.0 Å². The molecule has 0 aliphatic rings. The molecule has 0 fully saturated rings. The molecule has 0 aromatic rings. The zero-order valence-corrected chi connectivity index (χ0v) is 10.9. The Morgan fingerprint density at radius 3 is 2.60 bits per heavy atom. The number of methoxy groups -OCH3 is 1. The van der Waals surface area contributed by atoms with Gasteiger partial charge in [0, 0.05) is 26.2 Å². The number of rotatable bonds is 10. The van der Waals surface area contributed by atoms with Crippen LogP contribution in [0.4, 0.5) is 0 Å². The van der Waals surface area contributed by atoms with E-state index in [1.165, 1.54) is 19.4 Å². The number of nitrogens with zero attached hydrogens (tertiary/aromatic N) is 1. The lowest BCUT2D eigenvalue weighted by molar-refractivity contribution is 0.184. The highest BCUT2D eigenvalue weighted by Crippen LogP contribution is 2.00. The number of hydrogen-bond acceptors (Lipinski definition) is 3. The quantitative estimate of drug-likeness (QED) is 0.563. The molecule has 15 heavy (non-hydrogen) atoms. The maximum absolute atomic E-state index is 5.00. The largest absolute Gasteiger partial charge is 0.383 e. The van der Waals surface area contributed by atoms with E-state index in [4.69, 9.17) is 4.74 Å². The van der Waals surface area contributed by atoms with E-state index in [0.29, 0.717) is 6.04 Å². The molecule has 0 rings (SSSR count). The fraction of sp³-hybridized carbons (Fsp3) is 1.00. The van der Waals surface area contributed by atoms with Crippen molar-refractivity contribution < 1.29 is 4.74 Å². The fourth-order valence-electron chi connectivity index (χ4n) is 1.67. The molecule has 0 spiro atoms. The van der Waals surface area contributed by atoms with Gasteiger partial charge in [0.15, 0.2) is 0 Å². The summed E-state index contributed by atoms with van der Waals surface area (Å²) in [6.07, 6.45) is 2.58. The molecular weight excluding hydrogens is 188 g/mol. The smallest absolute Gasteiger partial charge is 0.0587 e. The van der Waals surface area contributed by atoms with Crippen molar-refractivity contribution >= 4 is 0 Å². The van der Waals surface area contributed by atoms with Crippen LogP contribution in [0.15, 0.2) is 0 Å². The van der Waals surface area contributed by atoms with Crippen molar-refractivity contribution in [1.29, 1.82) is 0 Å². The van der Waals surface area contributed by atoms with Crippen LogP contribution < -0.4 is 5.32 Å². The van der Waals surface area contributed by atoms with Crippen molar-refractivity contribution in [1.82, 2.24) is 10.2 Å². The highest BCUT2D eigenvalue weighted by molar-refractivity contribution is 4.68. The first-order chi connectivity index (χ1) is 7.26. The summed E-state index contributed by atoms with van der Waals surface area (Å²) >= 11 is 0. The normalized spacial score (nSPS) is 13.4. The molecule has 0 saturated heterocycles. The minimum Gasteiger partial charge on any atom is -0.383 e. The molecule has 0 bridgehead atoms. The number of hydrogen-bond donors (Lipinski definition) is 1. The SMILES string of the molecule is CCCCN(CC)C(C)CNCCOC. The highest BCUT2D eigenvalue weighted by Gasteiger charge is 2.10. The zero-order chi connectivity index (χ0) is 11.5. The van der Waals surface area contributed by atoms with Crippen LogP contribution in [0.5, 0.6) is 0 Å². The topological polar surface area (TPSA) is 24.5 Å². The van der Waals surface area contributed by atoms with Crippen molar-refractivity contribution in [2.24, 2.45) is 0 Å². The van der Waals surface area contributed by atoms with Crippen LogP contribution in [-0.2, 0) is 4.74 Å². The molecule has 1 unspecified atom stereocenters. The van der Waals surface area contributed by atoms with Crippen molar-refractivity contribution in [3.05, 3.63) is 0 Å². The zero-order valence-electron chi connectivity index (χ0n) is 10.9. The third-order valence-corrected chi connectivity index (χ3v) is 2.75. The summed E-state index contributed by atoms with van der Waals surface area (Å²) in [6, 6.07) is 0.624. The number of unbranched alkanes of at least 4 members (excludes halogenated alkanes) is 1. The van der Waals surface area contributed by atoms with Gasteiger partial charge in [0.05, 0.1) is 6.61 Å².